The first-order chi connectivity index (χ1) is 11.7. The third kappa shape index (κ3) is 3.78. The van der Waals surface area contributed by atoms with Crippen molar-refractivity contribution in [3.05, 3.63) is 65.7 Å². The largest absolute Gasteiger partial charge is 0.497 e. The van der Waals surface area contributed by atoms with E-state index in [0.717, 1.165) is 16.5 Å². The van der Waals surface area contributed by atoms with E-state index in [0.29, 0.717) is 16.5 Å². The van der Waals surface area contributed by atoms with Crippen molar-refractivity contribution < 1.29 is 19.0 Å². The Morgan fingerprint density at radius 3 is 2.42 bits per heavy atom. The molecule has 0 aromatic heterocycles. The van der Waals surface area contributed by atoms with Crippen molar-refractivity contribution >= 4 is 28.3 Å². The average Bonchev–Trinajstić information content (AvgIpc) is 2.60. The predicted molar refractivity (Wildman–Crippen MR) is 93.1 cm³/mol. The predicted octanol–water partition coefficient (Wildman–Crippen LogP) is 4.49. The van der Waals surface area contributed by atoms with Crippen molar-refractivity contribution in [2.75, 3.05) is 13.7 Å². The number of hydrogen-bond acceptors (Lipinski definition) is 4. The van der Waals surface area contributed by atoms with Gasteiger partial charge in [0.1, 0.15) is 17.2 Å². The van der Waals surface area contributed by atoms with Crippen LogP contribution in [0.3, 0.4) is 0 Å². The Hall–Kier alpha value is -2.72. The Balaban J connectivity index is 1.67. The van der Waals surface area contributed by atoms with Gasteiger partial charge in [0.15, 0.2) is 6.61 Å². The number of carbonyl (C=O) groups is 1. The highest BCUT2D eigenvalue weighted by atomic mass is 35.5. The monoisotopic (exact) mass is 342 g/mol. The number of esters is 1. The molecule has 24 heavy (non-hydrogen) atoms. The molecule has 0 aliphatic rings. The van der Waals surface area contributed by atoms with Crippen LogP contribution in [0.5, 0.6) is 17.2 Å². The van der Waals surface area contributed by atoms with Crippen LogP contribution >= 0.6 is 11.6 Å². The van der Waals surface area contributed by atoms with Crippen LogP contribution in [0.15, 0.2) is 60.7 Å². The number of carbonyl (C=O) groups excluding carboxylic acids is 1. The highest BCUT2D eigenvalue weighted by Crippen LogP contribution is 2.26. The smallest absolute Gasteiger partial charge is 0.349 e. The third-order valence-electron chi connectivity index (χ3n) is 3.43. The summed E-state index contributed by atoms with van der Waals surface area (Å²) in [7, 11) is 1.61. The standard InChI is InChI=1S/C19H15ClO4/c1-22-15-8-6-13-7-9-16(11-14(13)10-15)24-19(21)12-23-18-5-3-2-4-17(18)20/h2-11H,12H2,1H3. The topological polar surface area (TPSA) is 44.8 Å². The summed E-state index contributed by atoms with van der Waals surface area (Å²) in [5, 5.41) is 2.40. The molecule has 4 nitrogen and oxygen atoms in total. The van der Waals surface area contributed by atoms with Crippen LogP contribution in [-0.4, -0.2) is 19.7 Å². The minimum absolute atomic E-state index is 0.222. The number of fused-ring (bicyclic) bond motifs is 1. The van der Waals surface area contributed by atoms with Crippen molar-refractivity contribution in [2.45, 2.75) is 0 Å². The Labute approximate surface area is 144 Å². The van der Waals surface area contributed by atoms with E-state index in [-0.39, 0.29) is 6.61 Å². The van der Waals surface area contributed by atoms with E-state index < -0.39 is 5.97 Å². The van der Waals surface area contributed by atoms with Gasteiger partial charge in [-0.3, -0.25) is 0 Å². The van der Waals surface area contributed by atoms with E-state index in [9.17, 15) is 4.79 Å². The van der Waals surface area contributed by atoms with Crippen LogP contribution < -0.4 is 14.2 Å². The van der Waals surface area contributed by atoms with Gasteiger partial charge < -0.3 is 14.2 Å². The minimum atomic E-state index is -0.503. The van der Waals surface area contributed by atoms with E-state index in [4.69, 9.17) is 25.8 Å². The molecule has 0 saturated heterocycles. The first-order valence-corrected chi connectivity index (χ1v) is 7.69. The Bertz CT molecular complexity index is 876. The first kappa shape index (κ1) is 16.1. The van der Waals surface area contributed by atoms with Crippen LogP contribution in [0, 0.1) is 0 Å². The van der Waals surface area contributed by atoms with Gasteiger partial charge in [0.25, 0.3) is 0 Å². The van der Waals surface area contributed by atoms with Crippen LogP contribution in [0.1, 0.15) is 0 Å². The second-order valence-corrected chi connectivity index (χ2v) is 5.48. The van der Waals surface area contributed by atoms with Gasteiger partial charge in [0, 0.05) is 0 Å². The van der Waals surface area contributed by atoms with Gasteiger partial charge >= 0.3 is 5.97 Å². The second-order valence-electron chi connectivity index (χ2n) is 5.07. The zero-order valence-corrected chi connectivity index (χ0v) is 13.7. The molecule has 0 bridgehead atoms. The van der Waals surface area contributed by atoms with Crippen LogP contribution in [0.25, 0.3) is 10.8 Å². The quantitative estimate of drug-likeness (QED) is 0.506. The maximum absolute atomic E-state index is 11.9. The molecule has 0 N–H and O–H groups in total. The van der Waals surface area contributed by atoms with Crippen LogP contribution in [-0.2, 0) is 4.79 Å². The van der Waals surface area contributed by atoms with Gasteiger partial charge in [0.2, 0.25) is 0 Å². The van der Waals surface area contributed by atoms with Gasteiger partial charge in [-0.15, -0.1) is 0 Å². The van der Waals surface area contributed by atoms with E-state index in [1.165, 1.54) is 0 Å². The minimum Gasteiger partial charge on any atom is -0.497 e. The van der Waals surface area contributed by atoms with E-state index in [1.807, 2.05) is 24.3 Å². The number of halogens is 1. The van der Waals surface area contributed by atoms with Crippen molar-refractivity contribution in [3.63, 3.8) is 0 Å². The second kappa shape index (κ2) is 7.23. The lowest BCUT2D eigenvalue weighted by Crippen LogP contribution is -2.17. The molecule has 0 amide bonds. The molecule has 0 aliphatic carbocycles. The van der Waals surface area contributed by atoms with Gasteiger partial charge in [-0.25, -0.2) is 4.79 Å². The summed E-state index contributed by atoms with van der Waals surface area (Å²) in [5.41, 5.74) is 0. The molecule has 0 heterocycles. The summed E-state index contributed by atoms with van der Waals surface area (Å²) in [6, 6.07) is 18.1. The number of rotatable bonds is 5. The summed E-state index contributed by atoms with van der Waals surface area (Å²) >= 11 is 5.97. The van der Waals surface area contributed by atoms with Gasteiger partial charge in [0.05, 0.1) is 12.1 Å². The number of methoxy groups -OCH3 is 1. The fourth-order valence-electron chi connectivity index (χ4n) is 2.25. The molecule has 5 heteroatoms. The highest BCUT2D eigenvalue weighted by molar-refractivity contribution is 6.32. The molecular formula is C19H15ClO4. The van der Waals surface area contributed by atoms with Crippen molar-refractivity contribution in [2.24, 2.45) is 0 Å². The molecule has 0 fully saturated rings. The average molecular weight is 343 g/mol. The molecular weight excluding hydrogens is 328 g/mol. The number of hydrogen-bond donors (Lipinski definition) is 0. The summed E-state index contributed by atoms with van der Waals surface area (Å²) in [4.78, 5) is 11.9. The summed E-state index contributed by atoms with van der Waals surface area (Å²) < 4.78 is 15.9. The van der Waals surface area contributed by atoms with Gasteiger partial charge in [-0.2, -0.15) is 0 Å². The molecule has 122 valence electrons. The molecule has 3 aromatic carbocycles. The van der Waals surface area contributed by atoms with E-state index in [1.54, 1.807) is 43.5 Å². The summed E-state index contributed by atoms with van der Waals surface area (Å²) in [6.45, 7) is -0.222. The molecule has 0 atom stereocenters. The van der Waals surface area contributed by atoms with Crippen molar-refractivity contribution in [1.82, 2.24) is 0 Å². The normalized spacial score (nSPS) is 10.4. The first-order valence-electron chi connectivity index (χ1n) is 7.31. The van der Waals surface area contributed by atoms with Crippen LogP contribution in [0.2, 0.25) is 5.02 Å². The SMILES string of the molecule is COc1ccc2ccc(OC(=O)COc3ccccc3Cl)cc2c1. The maximum atomic E-state index is 11.9. The fraction of sp³-hybridized carbons (Fsp3) is 0.105. The van der Waals surface area contributed by atoms with E-state index >= 15 is 0 Å². The molecule has 0 aliphatic heterocycles. The number of ether oxygens (including phenoxy) is 3. The zero-order valence-electron chi connectivity index (χ0n) is 13.0. The van der Waals surface area contributed by atoms with Crippen molar-refractivity contribution in [1.29, 1.82) is 0 Å². The summed E-state index contributed by atoms with van der Waals surface area (Å²) in [5.74, 6) is 1.13. The number of benzene rings is 3. The summed E-state index contributed by atoms with van der Waals surface area (Å²) in [6.07, 6.45) is 0. The molecule has 0 unspecified atom stereocenters. The lowest BCUT2D eigenvalue weighted by Gasteiger charge is -2.09. The van der Waals surface area contributed by atoms with E-state index in [2.05, 4.69) is 0 Å². The fourth-order valence-corrected chi connectivity index (χ4v) is 2.44. The van der Waals surface area contributed by atoms with Gasteiger partial charge in [-0.1, -0.05) is 35.9 Å². The number of para-hydroxylation sites is 1. The zero-order chi connectivity index (χ0) is 16.9. The molecule has 0 saturated carbocycles. The Kier molecular flexibility index (Phi) is 4.87. The molecule has 3 rings (SSSR count). The molecule has 0 spiro atoms. The lowest BCUT2D eigenvalue weighted by molar-refractivity contribution is -0.136. The van der Waals surface area contributed by atoms with Crippen molar-refractivity contribution in [3.8, 4) is 17.2 Å². The molecule has 3 aromatic rings. The maximum Gasteiger partial charge on any atom is 0.349 e. The molecule has 0 radical (unpaired) electrons. The third-order valence-corrected chi connectivity index (χ3v) is 3.74. The van der Waals surface area contributed by atoms with Gasteiger partial charge in [-0.05, 0) is 47.2 Å². The Morgan fingerprint density at radius 1 is 0.958 bits per heavy atom. The highest BCUT2D eigenvalue weighted by Gasteiger charge is 2.09. The lowest BCUT2D eigenvalue weighted by atomic mass is 10.1. The van der Waals surface area contributed by atoms with Crippen LogP contribution in [0.4, 0.5) is 0 Å². The Morgan fingerprint density at radius 2 is 1.67 bits per heavy atom.